The predicted molar refractivity (Wildman–Crippen MR) is 82.7 cm³/mol. The lowest BCUT2D eigenvalue weighted by atomic mass is 10.2. The number of aryl methyl sites for hydroxylation is 1. The zero-order chi connectivity index (χ0) is 14.7. The zero-order valence-electron chi connectivity index (χ0n) is 11.6. The van der Waals surface area contributed by atoms with Crippen LogP contribution >= 0.6 is 11.6 Å². The van der Waals surface area contributed by atoms with E-state index in [0.29, 0.717) is 10.8 Å². The van der Waals surface area contributed by atoms with Crippen molar-refractivity contribution in [3.63, 3.8) is 0 Å². The third-order valence-corrected chi connectivity index (χ3v) is 3.30. The van der Waals surface area contributed by atoms with Crippen LogP contribution in [-0.2, 0) is 0 Å². The number of hydrogen-bond acceptors (Lipinski definition) is 3. The summed E-state index contributed by atoms with van der Waals surface area (Å²) in [6.45, 7) is 1.98. The Balaban J connectivity index is 2.36. The van der Waals surface area contributed by atoms with Crippen LogP contribution in [0.5, 0.6) is 0 Å². The molecule has 0 aliphatic rings. The highest BCUT2D eigenvalue weighted by molar-refractivity contribution is 6.34. The van der Waals surface area contributed by atoms with Crippen LogP contribution in [0.15, 0.2) is 36.4 Å². The molecule has 1 aromatic heterocycles. The summed E-state index contributed by atoms with van der Waals surface area (Å²) in [5.41, 5.74) is 2.13. The van der Waals surface area contributed by atoms with Gasteiger partial charge in [-0.1, -0.05) is 23.7 Å². The number of nitrogens with zero attached hydrogens (tertiary/aromatic N) is 2. The van der Waals surface area contributed by atoms with E-state index in [2.05, 4.69) is 10.3 Å². The maximum Gasteiger partial charge on any atom is 0.278 e. The summed E-state index contributed by atoms with van der Waals surface area (Å²) >= 11 is 6.07. The van der Waals surface area contributed by atoms with E-state index >= 15 is 0 Å². The molecule has 0 spiro atoms. The van der Waals surface area contributed by atoms with Gasteiger partial charge in [0.2, 0.25) is 0 Å². The Morgan fingerprint density at radius 3 is 2.70 bits per heavy atom. The number of carbonyl (C=O) groups excluding carboxylic acids is 1. The maximum absolute atomic E-state index is 12.5. The first-order chi connectivity index (χ1) is 9.52. The predicted octanol–water partition coefficient (Wildman–Crippen LogP) is 3.36. The Labute approximate surface area is 123 Å². The van der Waals surface area contributed by atoms with Gasteiger partial charge in [0.25, 0.3) is 5.91 Å². The van der Waals surface area contributed by atoms with Gasteiger partial charge in [-0.15, -0.1) is 0 Å². The zero-order valence-corrected chi connectivity index (χ0v) is 12.4. The number of carbonyl (C=O) groups is 1. The first kappa shape index (κ1) is 14.3. The van der Waals surface area contributed by atoms with Crippen molar-refractivity contribution in [1.29, 1.82) is 0 Å². The standard InChI is InChI=1S/C15H16ClN3O/c1-10-5-4-6-11(9-10)19(3)15(20)14-12(16)7-8-13(17-2)18-14/h4-9H,1-3H3,(H,17,18). The maximum atomic E-state index is 12.5. The normalized spacial score (nSPS) is 10.2. The Bertz CT molecular complexity index is 643. The summed E-state index contributed by atoms with van der Waals surface area (Å²) in [4.78, 5) is 18.3. The molecule has 0 saturated carbocycles. The third-order valence-electron chi connectivity index (χ3n) is 3.00. The smallest absolute Gasteiger partial charge is 0.278 e. The SMILES string of the molecule is CNc1ccc(Cl)c(C(=O)N(C)c2cccc(C)c2)n1. The molecule has 1 aromatic carbocycles. The molecule has 2 aromatic rings. The fraction of sp³-hybridized carbons (Fsp3) is 0.200. The number of pyridine rings is 1. The van der Waals surface area contributed by atoms with Gasteiger partial charge in [0.1, 0.15) is 11.5 Å². The highest BCUT2D eigenvalue weighted by atomic mass is 35.5. The Morgan fingerprint density at radius 1 is 1.30 bits per heavy atom. The van der Waals surface area contributed by atoms with Crippen LogP contribution in [0, 0.1) is 6.92 Å². The minimum Gasteiger partial charge on any atom is -0.373 e. The number of aromatic nitrogens is 1. The number of nitrogens with one attached hydrogen (secondary N) is 1. The molecule has 0 aliphatic carbocycles. The van der Waals surface area contributed by atoms with Crippen LogP contribution in [0.1, 0.15) is 16.1 Å². The molecular weight excluding hydrogens is 274 g/mol. The van der Waals surface area contributed by atoms with Crippen molar-refractivity contribution in [2.24, 2.45) is 0 Å². The molecule has 1 N–H and O–H groups in total. The molecule has 0 radical (unpaired) electrons. The Kier molecular flexibility index (Phi) is 4.25. The number of anilines is 2. The van der Waals surface area contributed by atoms with Gasteiger partial charge >= 0.3 is 0 Å². The fourth-order valence-corrected chi connectivity index (χ4v) is 2.03. The van der Waals surface area contributed by atoms with Gasteiger partial charge in [0.15, 0.2) is 0 Å². The lowest BCUT2D eigenvalue weighted by Crippen LogP contribution is -2.27. The first-order valence-corrected chi connectivity index (χ1v) is 6.59. The molecule has 20 heavy (non-hydrogen) atoms. The molecule has 0 fully saturated rings. The van der Waals surface area contributed by atoms with Crippen LogP contribution < -0.4 is 10.2 Å². The molecule has 0 unspecified atom stereocenters. The highest BCUT2D eigenvalue weighted by Gasteiger charge is 2.18. The molecule has 0 saturated heterocycles. The number of amides is 1. The Morgan fingerprint density at radius 2 is 2.05 bits per heavy atom. The molecule has 1 amide bonds. The summed E-state index contributed by atoms with van der Waals surface area (Å²) in [5.74, 6) is 0.369. The van der Waals surface area contributed by atoms with Crippen molar-refractivity contribution in [2.45, 2.75) is 6.92 Å². The van der Waals surface area contributed by atoms with Crippen LogP contribution in [0.4, 0.5) is 11.5 Å². The van der Waals surface area contributed by atoms with Gasteiger partial charge in [-0.05, 0) is 36.8 Å². The molecule has 1 heterocycles. The van der Waals surface area contributed by atoms with Gasteiger partial charge < -0.3 is 10.2 Å². The molecule has 0 aliphatic heterocycles. The molecule has 2 rings (SSSR count). The van der Waals surface area contributed by atoms with E-state index in [1.165, 1.54) is 0 Å². The van der Waals surface area contributed by atoms with Gasteiger partial charge in [0, 0.05) is 19.8 Å². The van der Waals surface area contributed by atoms with Gasteiger partial charge in [0.05, 0.1) is 5.02 Å². The van der Waals surface area contributed by atoms with Crippen molar-refractivity contribution >= 4 is 29.0 Å². The molecule has 5 heteroatoms. The van der Waals surface area contributed by atoms with E-state index in [9.17, 15) is 4.79 Å². The second-order valence-electron chi connectivity index (χ2n) is 4.48. The van der Waals surface area contributed by atoms with E-state index in [4.69, 9.17) is 11.6 Å². The first-order valence-electron chi connectivity index (χ1n) is 6.22. The van der Waals surface area contributed by atoms with Gasteiger partial charge in [-0.25, -0.2) is 4.98 Å². The number of halogens is 1. The van der Waals surface area contributed by atoms with E-state index in [-0.39, 0.29) is 11.6 Å². The number of rotatable bonds is 3. The fourth-order valence-electron chi connectivity index (χ4n) is 1.84. The lowest BCUT2D eigenvalue weighted by Gasteiger charge is -2.18. The van der Waals surface area contributed by atoms with Crippen molar-refractivity contribution in [2.75, 3.05) is 24.3 Å². The third kappa shape index (κ3) is 2.91. The van der Waals surface area contributed by atoms with Crippen molar-refractivity contribution < 1.29 is 4.79 Å². The molecule has 0 bridgehead atoms. The molecular formula is C15H16ClN3O. The molecule has 4 nitrogen and oxygen atoms in total. The minimum absolute atomic E-state index is 0.238. The van der Waals surface area contributed by atoms with E-state index in [0.717, 1.165) is 11.3 Å². The van der Waals surface area contributed by atoms with E-state index < -0.39 is 0 Å². The summed E-state index contributed by atoms with van der Waals surface area (Å²) in [5, 5.41) is 3.24. The minimum atomic E-state index is -0.238. The van der Waals surface area contributed by atoms with Crippen molar-refractivity contribution in [1.82, 2.24) is 4.98 Å². The van der Waals surface area contributed by atoms with Crippen LogP contribution in [0.3, 0.4) is 0 Å². The lowest BCUT2D eigenvalue weighted by molar-refractivity contribution is 0.0988. The molecule has 104 valence electrons. The van der Waals surface area contributed by atoms with Crippen LogP contribution in [0.25, 0.3) is 0 Å². The van der Waals surface area contributed by atoms with Crippen LogP contribution in [0.2, 0.25) is 5.02 Å². The average Bonchev–Trinajstić information content (AvgIpc) is 2.46. The second-order valence-corrected chi connectivity index (χ2v) is 4.89. The summed E-state index contributed by atoms with van der Waals surface area (Å²) in [7, 11) is 3.45. The monoisotopic (exact) mass is 289 g/mol. The highest BCUT2D eigenvalue weighted by Crippen LogP contribution is 2.21. The summed E-state index contributed by atoms with van der Waals surface area (Å²) in [6.07, 6.45) is 0. The number of hydrogen-bond donors (Lipinski definition) is 1. The average molecular weight is 290 g/mol. The van der Waals surface area contributed by atoms with E-state index in [1.54, 1.807) is 31.1 Å². The number of benzene rings is 1. The summed E-state index contributed by atoms with van der Waals surface area (Å²) < 4.78 is 0. The van der Waals surface area contributed by atoms with Crippen molar-refractivity contribution in [3.8, 4) is 0 Å². The summed E-state index contributed by atoms with van der Waals surface area (Å²) in [6, 6.07) is 11.1. The van der Waals surface area contributed by atoms with Gasteiger partial charge in [-0.3, -0.25) is 4.79 Å². The largest absolute Gasteiger partial charge is 0.373 e. The topological polar surface area (TPSA) is 45.2 Å². The van der Waals surface area contributed by atoms with Crippen molar-refractivity contribution in [3.05, 3.63) is 52.7 Å². The van der Waals surface area contributed by atoms with E-state index in [1.807, 2.05) is 31.2 Å². The Hall–Kier alpha value is -2.07. The van der Waals surface area contributed by atoms with Gasteiger partial charge in [-0.2, -0.15) is 0 Å². The quantitative estimate of drug-likeness (QED) is 0.942. The molecule has 0 atom stereocenters. The van der Waals surface area contributed by atoms with Crippen LogP contribution in [-0.4, -0.2) is 25.0 Å². The second kappa shape index (κ2) is 5.92.